The number of sulfonamides is 1. The Morgan fingerprint density at radius 1 is 0.867 bits per heavy atom. The van der Waals surface area contributed by atoms with Crippen LogP contribution < -0.4 is 10.0 Å². The lowest BCUT2D eigenvalue weighted by Crippen LogP contribution is -2.30. The maximum atomic E-state index is 12.6. The van der Waals surface area contributed by atoms with Crippen molar-refractivity contribution < 1.29 is 26.4 Å². The molecule has 0 atom stereocenters. The number of carbonyl (C=O) groups excluding carboxylic acids is 2. The Morgan fingerprint density at radius 3 is 2.10 bits per heavy atom. The van der Waals surface area contributed by atoms with Gasteiger partial charge in [0.05, 0.1) is 9.79 Å². The first-order chi connectivity index (χ1) is 14.1. The zero-order valence-corrected chi connectivity index (χ0v) is 18.0. The van der Waals surface area contributed by atoms with Crippen LogP contribution in [0.5, 0.6) is 0 Å². The molecular formula is C19H16N2O6S3. The van der Waals surface area contributed by atoms with Gasteiger partial charge in [-0.05, 0) is 42.5 Å². The molecule has 2 amide bonds. The van der Waals surface area contributed by atoms with Gasteiger partial charge in [-0.3, -0.25) is 9.59 Å². The predicted octanol–water partition coefficient (Wildman–Crippen LogP) is 2.66. The van der Waals surface area contributed by atoms with Crippen molar-refractivity contribution in [3.63, 3.8) is 0 Å². The number of hydrogen-bond acceptors (Lipinski definition) is 7. The predicted molar refractivity (Wildman–Crippen MR) is 112 cm³/mol. The maximum Gasteiger partial charge on any atom is 0.273 e. The van der Waals surface area contributed by atoms with E-state index in [4.69, 9.17) is 0 Å². The summed E-state index contributed by atoms with van der Waals surface area (Å²) in [5, 5.41) is 3.74. The van der Waals surface area contributed by atoms with Crippen molar-refractivity contribution in [2.75, 3.05) is 5.32 Å². The Balaban J connectivity index is 1.80. The fourth-order valence-corrected chi connectivity index (χ4v) is 6.33. The molecule has 0 saturated carbocycles. The van der Waals surface area contributed by atoms with Gasteiger partial charge in [0.1, 0.15) is 4.21 Å². The molecule has 8 nitrogen and oxygen atoms in total. The smallest absolute Gasteiger partial charge is 0.273 e. The van der Waals surface area contributed by atoms with Crippen LogP contribution >= 0.6 is 11.3 Å². The van der Waals surface area contributed by atoms with Crippen LogP contribution in [0.4, 0.5) is 5.69 Å². The van der Waals surface area contributed by atoms with Crippen molar-refractivity contribution in [2.24, 2.45) is 0 Å². The summed E-state index contributed by atoms with van der Waals surface area (Å²) in [7, 11) is -8.15. The van der Waals surface area contributed by atoms with Crippen molar-refractivity contribution in [2.45, 2.75) is 20.9 Å². The van der Waals surface area contributed by atoms with Crippen LogP contribution in [0.3, 0.4) is 0 Å². The second kappa shape index (κ2) is 8.38. The lowest BCUT2D eigenvalue weighted by atomic mass is 10.2. The third-order valence-corrected chi connectivity index (χ3v) is 8.54. The molecule has 2 N–H and O–H groups in total. The van der Waals surface area contributed by atoms with E-state index in [0.717, 1.165) is 6.07 Å². The molecule has 0 bridgehead atoms. The van der Waals surface area contributed by atoms with Gasteiger partial charge in [0.15, 0.2) is 0 Å². The summed E-state index contributed by atoms with van der Waals surface area (Å²) in [6.45, 7) is 1.33. The van der Waals surface area contributed by atoms with Crippen molar-refractivity contribution in [1.29, 1.82) is 0 Å². The normalized spacial score (nSPS) is 11.6. The van der Waals surface area contributed by atoms with Gasteiger partial charge >= 0.3 is 0 Å². The number of sulfone groups is 1. The summed E-state index contributed by atoms with van der Waals surface area (Å²) in [5.41, 5.74) is 0.511. The molecule has 0 aliphatic carbocycles. The zero-order valence-electron chi connectivity index (χ0n) is 15.5. The average Bonchev–Trinajstić information content (AvgIpc) is 3.20. The van der Waals surface area contributed by atoms with Crippen molar-refractivity contribution in [3.05, 3.63) is 71.6 Å². The summed E-state index contributed by atoms with van der Waals surface area (Å²) < 4.78 is 51.9. The van der Waals surface area contributed by atoms with E-state index < -0.39 is 25.8 Å². The minimum absolute atomic E-state index is 0.0371. The van der Waals surface area contributed by atoms with Crippen LogP contribution in [-0.4, -0.2) is 28.6 Å². The fourth-order valence-electron chi connectivity index (χ4n) is 2.46. The minimum Gasteiger partial charge on any atom is -0.326 e. The molecule has 0 saturated heterocycles. The SMILES string of the molecule is CC(=O)Nc1ccc(C(=O)NS(=O)(=O)c2cc(S(=O)(=O)c3ccccc3)cs2)cc1. The monoisotopic (exact) mass is 464 g/mol. The molecule has 11 heteroatoms. The van der Waals surface area contributed by atoms with E-state index in [9.17, 15) is 26.4 Å². The van der Waals surface area contributed by atoms with E-state index in [-0.39, 0.29) is 25.5 Å². The first-order valence-corrected chi connectivity index (χ1v) is 12.3. The maximum absolute atomic E-state index is 12.6. The second-order valence-corrected chi connectivity index (χ2v) is 10.9. The van der Waals surface area contributed by atoms with Gasteiger partial charge in [0, 0.05) is 23.6 Å². The molecule has 2 aromatic carbocycles. The summed E-state index contributed by atoms with van der Waals surface area (Å²) in [6.07, 6.45) is 0. The summed E-state index contributed by atoms with van der Waals surface area (Å²) >= 11 is 0.695. The Labute approximate surface area is 177 Å². The number of benzene rings is 2. The van der Waals surface area contributed by atoms with Gasteiger partial charge in [-0.25, -0.2) is 21.6 Å². The molecule has 30 heavy (non-hydrogen) atoms. The highest BCUT2D eigenvalue weighted by Crippen LogP contribution is 2.28. The molecule has 0 aliphatic heterocycles. The largest absolute Gasteiger partial charge is 0.326 e. The molecular weight excluding hydrogens is 448 g/mol. The van der Waals surface area contributed by atoms with Crippen molar-refractivity contribution in [3.8, 4) is 0 Å². The van der Waals surface area contributed by atoms with Crippen LogP contribution in [0.25, 0.3) is 0 Å². The topological polar surface area (TPSA) is 126 Å². The Bertz CT molecular complexity index is 1300. The number of carbonyl (C=O) groups is 2. The van der Waals surface area contributed by atoms with E-state index in [1.54, 1.807) is 18.2 Å². The molecule has 0 radical (unpaired) electrons. The lowest BCUT2D eigenvalue weighted by Gasteiger charge is -2.06. The van der Waals surface area contributed by atoms with Gasteiger partial charge in [-0.2, -0.15) is 0 Å². The summed E-state index contributed by atoms with van der Waals surface area (Å²) in [5.74, 6) is -1.17. The van der Waals surface area contributed by atoms with Gasteiger partial charge in [0.25, 0.3) is 15.9 Å². The van der Waals surface area contributed by atoms with Gasteiger partial charge in [-0.1, -0.05) is 18.2 Å². The summed E-state index contributed by atoms with van der Waals surface area (Å²) in [4.78, 5) is 23.2. The van der Waals surface area contributed by atoms with Crippen LogP contribution in [0.15, 0.2) is 80.0 Å². The van der Waals surface area contributed by atoms with E-state index in [1.165, 1.54) is 48.7 Å². The number of thiophene rings is 1. The highest BCUT2D eigenvalue weighted by Gasteiger charge is 2.25. The first kappa shape index (κ1) is 21.7. The number of nitrogens with one attached hydrogen (secondary N) is 2. The Kier molecular flexibility index (Phi) is 6.06. The molecule has 0 spiro atoms. The third kappa shape index (κ3) is 4.75. The molecule has 0 aliphatic rings. The molecule has 3 rings (SSSR count). The highest BCUT2D eigenvalue weighted by atomic mass is 32.2. The highest BCUT2D eigenvalue weighted by molar-refractivity contribution is 7.93. The van der Waals surface area contributed by atoms with E-state index in [2.05, 4.69) is 5.32 Å². The lowest BCUT2D eigenvalue weighted by molar-refractivity contribution is -0.114. The molecule has 0 unspecified atom stereocenters. The van der Waals surface area contributed by atoms with Crippen molar-refractivity contribution in [1.82, 2.24) is 4.72 Å². The zero-order chi connectivity index (χ0) is 21.9. The van der Waals surface area contributed by atoms with Gasteiger partial charge in [0.2, 0.25) is 15.7 Å². The van der Waals surface area contributed by atoms with E-state index in [1.807, 2.05) is 4.72 Å². The first-order valence-electron chi connectivity index (χ1n) is 8.43. The number of rotatable bonds is 6. The molecule has 1 aromatic heterocycles. The average molecular weight is 465 g/mol. The standard InChI is InChI=1S/C19H16N2O6S3/c1-13(22)20-15-9-7-14(8-10-15)19(23)21-30(26,27)18-11-17(12-28-18)29(24,25)16-5-3-2-4-6-16/h2-12H,1H3,(H,20,22)(H,21,23). The van der Waals surface area contributed by atoms with E-state index >= 15 is 0 Å². The summed E-state index contributed by atoms with van der Waals surface area (Å²) in [6, 6.07) is 14.3. The minimum atomic E-state index is -4.27. The van der Waals surface area contributed by atoms with Crippen LogP contribution in [0, 0.1) is 0 Å². The van der Waals surface area contributed by atoms with Gasteiger partial charge in [-0.15, -0.1) is 11.3 Å². The third-order valence-electron chi connectivity index (χ3n) is 3.87. The van der Waals surface area contributed by atoms with Crippen LogP contribution in [-0.2, 0) is 24.7 Å². The molecule has 3 aromatic rings. The second-order valence-electron chi connectivity index (χ2n) is 6.11. The molecule has 156 valence electrons. The number of anilines is 1. The van der Waals surface area contributed by atoms with E-state index in [0.29, 0.717) is 17.0 Å². The Morgan fingerprint density at radius 2 is 1.50 bits per heavy atom. The number of amides is 2. The van der Waals surface area contributed by atoms with Crippen LogP contribution in [0.2, 0.25) is 0 Å². The van der Waals surface area contributed by atoms with Crippen LogP contribution in [0.1, 0.15) is 17.3 Å². The van der Waals surface area contributed by atoms with Gasteiger partial charge < -0.3 is 5.32 Å². The Hall–Kier alpha value is -3.02. The molecule has 0 fully saturated rings. The number of hydrogen-bond donors (Lipinski definition) is 2. The fraction of sp³-hybridized carbons (Fsp3) is 0.0526. The van der Waals surface area contributed by atoms with Crippen molar-refractivity contribution >= 4 is 48.7 Å². The quantitative estimate of drug-likeness (QED) is 0.578. The molecule has 1 heterocycles.